The maximum atomic E-state index is 13.2. The first-order chi connectivity index (χ1) is 41.3. The lowest BCUT2D eigenvalue weighted by Crippen LogP contribution is -2.60. The summed E-state index contributed by atoms with van der Waals surface area (Å²) >= 11 is 0. The number of rotatable bonds is 61. The molecular formula is C75H133NO8. The predicted molar refractivity (Wildman–Crippen MR) is 359 cm³/mol. The maximum absolute atomic E-state index is 13.2. The van der Waals surface area contributed by atoms with Crippen molar-refractivity contribution in [3.8, 4) is 0 Å². The van der Waals surface area contributed by atoms with E-state index in [2.05, 4.69) is 116 Å². The third-order valence-electron chi connectivity index (χ3n) is 16.5. The van der Waals surface area contributed by atoms with Gasteiger partial charge in [-0.2, -0.15) is 0 Å². The number of unbranched alkanes of at least 4 members (excludes halogenated alkanes) is 35. The van der Waals surface area contributed by atoms with Gasteiger partial charge in [0.1, 0.15) is 24.4 Å². The SMILES string of the molecule is CC/C=C\C/C=C\C/C=C\C/C=C\C/C=C\C/C=C\C/C=C\C/C=C\CCCCCCCCCCCCCCCCC(=O)NC(COC1OC(CO)C(O)C(O)C1O)C(O)CCCCCCCCCCCCCCCCCCCCCCCC. The van der Waals surface area contributed by atoms with Crippen molar-refractivity contribution in [2.24, 2.45) is 0 Å². The number of carbonyl (C=O) groups excluding carboxylic acids is 1. The lowest BCUT2D eigenvalue weighted by atomic mass is 9.99. The van der Waals surface area contributed by atoms with Crippen LogP contribution in [-0.4, -0.2) is 87.5 Å². The van der Waals surface area contributed by atoms with Gasteiger partial charge in [-0.25, -0.2) is 0 Å². The van der Waals surface area contributed by atoms with E-state index in [1.807, 2.05) is 0 Å². The summed E-state index contributed by atoms with van der Waals surface area (Å²) in [7, 11) is 0. The van der Waals surface area contributed by atoms with Crippen LogP contribution in [0, 0.1) is 0 Å². The number of aliphatic hydroxyl groups excluding tert-OH is 5. The van der Waals surface area contributed by atoms with E-state index in [0.717, 1.165) is 89.9 Å². The first kappa shape index (κ1) is 79.1. The van der Waals surface area contributed by atoms with Gasteiger partial charge in [0.25, 0.3) is 0 Å². The van der Waals surface area contributed by atoms with Crippen LogP contribution in [0.15, 0.2) is 97.2 Å². The molecule has 486 valence electrons. The molecule has 7 atom stereocenters. The summed E-state index contributed by atoms with van der Waals surface area (Å²) in [6.45, 7) is 3.76. The zero-order chi connectivity index (χ0) is 60.7. The van der Waals surface area contributed by atoms with Crippen molar-refractivity contribution in [2.75, 3.05) is 13.2 Å². The minimum atomic E-state index is -1.56. The minimum absolute atomic E-state index is 0.139. The Hall–Kier alpha value is -2.89. The molecule has 0 saturated carbocycles. The lowest BCUT2D eigenvalue weighted by molar-refractivity contribution is -0.302. The summed E-state index contributed by atoms with van der Waals surface area (Å²) < 4.78 is 11.4. The third-order valence-corrected chi connectivity index (χ3v) is 16.5. The largest absolute Gasteiger partial charge is 0.394 e. The second-order valence-corrected chi connectivity index (χ2v) is 24.3. The second kappa shape index (κ2) is 63.1. The summed E-state index contributed by atoms with van der Waals surface area (Å²) in [5.74, 6) is -0.144. The Morgan fingerprint density at radius 1 is 0.417 bits per heavy atom. The molecule has 1 heterocycles. The van der Waals surface area contributed by atoms with Gasteiger partial charge >= 0.3 is 0 Å². The van der Waals surface area contributed by atoms with Gasteiger partial charge in [0, 0.05) is 6.42 Å². The number of nitrogens with one attached hydrogen (secondary N) is 1. The molecule has 0 spiro atoms. The average Bonchev–Trinajstić information content (AvgIpc) is 3.70. The van der Waals surface area contributed by atoms with Gasteiger partial charge in [-0.15, -0.1) is 0 Å². The van der Waals surface area contributed by atoms with Gasteiger partial charge in [0.15, 0.2) is 6.29 Å². The molecule has 0 aliphatic carbocycles. The van der Waals surface area contributed by atoms with Crippen LogP contribution in [0.2, 0.25) is 0 Å². The highest BCUT2D eigenvalue weighted by molar-refractivity contribution is 5.76. The zero-order valence-corrected chi connectivity index (χ0v) is 54.4. The van der Waals surface area contributed by atoms with E-state index in [4.69, 9.17) is 9.47 Å². The van der Waals surface area contributed by atoms with Crippen molar-refractivity contribution in [2.45, 2.75) is 358 Å². The van der Waals surface area contributed by atoms with E-state index in [0.29, 0.717) is 12.8 Å². The number of carbonyl (C=O) groups is 1. The van der Waals surface area contributed by atoms with Gasteiger partial charge in [-0.3, -0.25) is 4.79 Å². The molecule has 9 heteroatoms. The van der Waals surface area contributed by atoms with Crippen LogP contribution < -0.4 is 5.32 Å². The van der Waals surface area contributed by atoms with Gasteiger partial charge in [0.2, 0.25) is 5.91 Å². The van der Waals surface area contributed by atoms with Crippen molar-refractivity contribution in [1.82, 2.24) is 5.32 Å². The van der Waals surface area contributed by atoms with Crippen LogP contribution >= 0.6 is 0 Å². The molecule has 0 aromatic carbocycles. The van der Waals surface area contributed by atoms with Crippen molar-refractivity contribution in [3.05, 3.63) is 97.2 Å². The maximum Gasteiger partial charge on any atom is 0.220 e. The van der Waals surface area contributed by atoms with Gasteiger partial charge in [0.05, 0.1) is 25.4 Å². The Morgan fingerprint density at radius 3 is 1.10 bits per heavy atom. The molecule has 1 saturated heterocycles. The fraction of sp³-hybridized carbons (Fsp3) is 0.773. The number of aliphatic hydroxyl groups is 5. The Bertz CT molecular complexity index is 1650. The van der Waals surface area contributed by atoms with Crippen LogP contribution in [0.5, 0.6) is 0 Å². The van der Waals surface area contributed by atoms with Gasteiger partial charge < -0.3 is 40.3 Å². The standard InChI is InChI=1S/C75H133NO8/c1-3-5-7-9-11-13-15-17-19-21-23-25-27-28-29-30-31-32-33-34-35-36-37-38-39-40-41-42-43-45-47-49-51-53-55-57-59-61-63-65-71(79)76-68(67-83-75-74(82)73(81)72(80)70(66-77)84-75)69(78)64-62-60-58-56-54-52-50-48-46-44-26-24-22-20-18-16-14-12-10-8-6-4-2/h5,7,11,13,17,19,23,25,28-29,31-32,34-35,37-38,68-70,72-75,77-78,80-82H,3-4,6,8-10,12,14-16,18,20-22,24,26-27,30,33,36,39-67H2,1-2H3,(H,76,79)/b7-5-,13-11-,19-17-,25-23-,29-28-,32-31-,35-34-,38-37-. The van der Waals surface area contributed by atoms with Gasteiger partial charge in [-0.05, 0) is 77.0 Å². The Morgan fingerprint density at radius 2 is 0.738 bits per heavy atom. The number of allylic oxidation sites excluding steroid dienone is 16. The van der Waals surface area contributed by atoms with E-state index in [-0.39, 0.29) is 12.5 Å². The molecule has 1 aliphatic rings. The van der Waals surface area contributed by atoms with E-state index >= 15 is 0 Å². The molecular weight excluding hydrogens is 1040 g/mol. The lowest BCUT2D eigenvalue weighted by Gasteiger charge is -2.40. The summed E-state index contributed by atoms with van der Waals surface area (Å²) in [6, 6.07) is -0.725. The van der Waals surface area contributed by atoms with Crippen LogP contribution in [0.25, 0.3) is 0 Å². The Balaban J connectivity index is 2.10. The van der Waals surface area contributed by atoms with Crippen molar-refractivity contribution < 1.29 is 39.8 Å². The Kier molecular flexibility index (Phi) is 59.5. The van der Waals surface area contributed by atoms with Crippen LogP contribution in [-0.2, 0) is 14.3 Å². The third kappa shape index (κ3) is 51.2. The molecule has 0 radical (unpaired) electrons. The molecule has 1 rings (SSSR count). The van der Waals surface area contributed by atoms with Crippen LogP contribution in [0.3, 0.4) is 0 Å². The number of ether oxygens (including phenoxy) is 2. The van der Waals surface area contributed by atoms with E-state index in [9.17, 15) is 30.3 Å². The summed E-state index contributed by atoms with van der Waals surface area (Å²) in [5.41, 5.74) is 0. The number of hydrogen-bond donors (Lipinski definition) is 6. The highest BCUT2D eigenvalue weighted by Gasteiger charge is 2.44. The highest BCUT2D eigenvalue weighted by atomic mass is 16.7. The van der Waals surface area contributed by atoms with Crippen molar-refractivity contribution in [3.63, 3.8) is 0 Å². The molecule has 0 aromatic heterocycles. The normalized spacial score (nSPS) is 18.8. The smallest absolute Gasteiger partial charge is 0.220 e. The van der Waals surface area contributed by atoms with E-state index < -0.39 is 49.5 Å². The number of hydrogen-bond acceptors (Lipinski definition) is 8. The minimum Gasteiger partial charge on any atom is -0.394 e. The van der Waals surface area contributed by atoms with Gasteiger partial charge in [-0.1, -0.05) is 329 Å². The summed E-state index contributed by atoms with van der Waals surface area (Å²) in [5, 5.41) is 54.9. The molecule has 84 heavy (non-hydrogen) atoms. The molecule has 7 unspecified atom stereocenters. The first-order valence-corrected chi connectivity index (χ1v) is 35.4. The van der Waals surface area contributed by atoms with E-state index in [1.165, 1.54) is 199 Å². The molecule has 1 aliphatic heterocycles. The van der Waals surface area contributed by atoms with Crippen molar-refractivity contribution in [1.29, 1.82) is 0 Å². The fourth-order valence-corrected chi connectivity index (χ4v) is 10.9. The quantitative estimate of drug-likeness (QED) is 0.0261. The van der Waals surface area contributed by atoms with Crippen molar-refractivity contribution >= 4 is 5.91 Å². The predicted octanol–water partition coefficient (Wildman–Crippen LogP) is 19.5. The molecule has 0 aromatic rings. The molecule has 1 fully saturated rings. The Labute approximate surface area is 517 Å². The summed E-state index contributed by atoms with van der Waals surface area (Å²) in [4.78, 5) is 13.2. The second-order valence-electron chi connectivity index (χ2n) is 24.3. The zero-order valence-electron chi connectivity index (χ0n) is 54.4. The fourth-order valence-electron chi connectivity index (χ4n) is 10.9. The van der Waals surface area contributed by atoms with E-state index in [1.54, 1.807) is 0 Å². The monoisotopic (exact) mass is 1180 g/mol. The highest BCUT2D eigenvalue weighted by Crippen LogP contribution is 2.24. The average molecular weight is 1180 g/mol. The molecule has 9 nitrogen and oxygen atoms in total. The first-order valence-electron chi connectivity index (χ1n) is 35.4. The summed E-state index contributed by atoms with van der Waals surface area (Å²) in [6.07, 6.45) is 84.7. The number of amides is 1. The molecule has 0 bridgehead atoms. The topological polar surface area (TPSA) is 149 Å². The van der Waals surface area contributed by atoms with Crippen LogP contribution in [0.4, 0.5) is 0 Å². The molecule has 6 N–H and O–H groups in total. The van der Waals surface area contributed by atoms with Crippen LogP contribution in [0.1, 0.15) is 316 Å². The molecule has 1 amide bonds.